The second-order valence-electron chi connectivity index (χ2n) is 7.51. The lowest BCUT2D eigenvalue weighted by Gasteiger charge is -2.29. The quantitative estimate of drug-likeness (QED) is 0.430. The zero-order valence-corrected chi connectivity index (χ0v) is 18.4. The van der Waals surface area contributed by atoms with E-state index in [9.17, 15) is 4.79 Å². The summed E-state index contributed by atoms with van der Waals surface area (Å²) >= 11 is 1.65. The Balaban J connectivity index is 1.65. The number of thiazole rings is 1. The van der Waals surface area contributed by atoms with E-state index in [2.05, 4.69) is 12.3 Å². The average Bonchev–Trinajstić information content (AvgIpc) is 3.21. The highest BCUT2D eigenvalue weighted by molar-refractivity contribution is 7.09. The van der Waals surface area contributed by atoms with E-state index in [4.69, 9.17) is 14.5 Å². The standard InChI is InChI=1S/C23H32N2O3S/c1-3-4-5-6-7-8-9-13-25-20-15-18(10-11-21(20)28-16-23(25)26)19-17-29-22(24-19)12-14-27-2/h10-11,15,17H,3-9,12-14,16H2,1-2H3. The van der Waals surface area contributed by atoms with Gasteiger partial charge in [0.25, 0.3) is 5.91 Å². The van der Waals surface area contributed by atoms with E-state index >= 15 is 0 Å². The van der Waals surface area contributed by atoms with Crippen molar-refractivity contribution < 1.29 is 14.3 Å². The summed E-state index contributed by atoms with van der Waals surface area (Å²) in [5, 5.41) is 3.13. The largest absolute Gasteiger partial charge is 0.482 e. The van der Waals surface area contributed by atoms with Crippen molar-refractivity contribution in [2.45, 2.75) is 58.3 Å². The first-order valence-electron chi connectivity index (χ1n) is 10.7. The van der Waals surface area contributed by atoms with E-state index in [1.807, 2.05) is 23.1 Å². The van der Waals surface area contributed by atoms with Crippen LogP contribution in [0, 0.1) is 0 Å². The van der Waals surface area contributed by atoms with Crippen LogP contribution in [0.15, 0.2) is 23.6 Å². The minimum atomic E-state index is 0.0414. The molecule has 0 fully saturated rings. The second-order valence-corrected chi connectivity index (χ2v) is 8.45. The fraction of sp³-hybridized carbons (Fsp3) is 0.565. The molecule has 1 aromatic heterocycles. The molecule has 1 amide bonds. The number of nitrogens with zero attached hydrogens (tertiary/aromatic N) is 2. The third-order valence-electron chi connectivity index (χ3n) is 5.25. The SMILES string of the molecule is CCCCCCCCCN1C(=O)COc2ccc(-c3csc(CCOC)n3)cc21. The number of aromatic nitrogens is 1. The molecule has 1 aliphatic heterocycles. The third kappa shape index (κ3) is 6.03. The summed E-state index contributed by atoms with van der Waals surface area (Å²) in [5.41, 5.74) is 2.83. The number of carbonyl (C=O) groups is 1. The number of anilines is 1. The van der Waals surface area contributed by atoms with Crippen molar-refractivity contribution in [3.63, 3.8) is 0 Å². The molecule has 0 saturated carbocycles. The number of hydrogen-bond donors (Lipinski definition) is 0. The van der Waals surface area contributed by atoms with Gasteiger partial charge in [0.1, 0.15) is 5.75 Å². The summed E-state index contributed by atoms with van der Waals surface area (Å²) in [6.45, 7) is 3.79. The van der Waals surface area contributed by atoms with E-state index < -0.39 is 0 Å². The summed E-state index contributed by atoms with van der Waals surface area (Å²) in [6, 6.07) is 6.03. The van der Waals surface area contributed by atoms with Gasteiger partial charge in [-0.2, -0.15) is 0 Å². The minimum absolute atomic E-state index is 0.0414. The summed E-state index contributed by atoms with van der Waals surface area (Å²) in [4.78, 5) is 19.1. The zero-order chi connectivity index (χ0) is 20.5. The molecule has 0 radical (unpaired) electrons. The van der Waals surface area contributed by atoms with Crippen LogP contribution in [0.2, 0.25) is 0 Å². The molecule has 0 saturated heterocycles. The van der Waals surface area contributed by atoms with Crippen LogP contribution in [0.1, 0.15) is 56.9 Å². The maximum Gasteiger partial charge on any atom is 0.265 e. The molecule has 0 atom stereocenters. The fourth-order valence-corrected chi connectivity index (χ4v) is 4.37. The number of unbranched alkanes of at least 4 members (excludes halogenated alkanes) is 6. The van der Waals surface area contributed by atoms with Gasteiger partial charge < -0.3 is 14.4 Å². The Labute approximate surface area is 178 Å². The van der Waals surface area contributed by atoms with Crippen LogP contribution in [0.3, 0.4) is 0 Å². The van der Waals surface area contributed by atoms with E-state index in [0.717, 1.165) is 47.1 Å². The third-order valence-corrected chi connectivity index (χ3v) is 6.16. The number of hydrogen-bond acceptors (Lipinski definition) is 5. The first kappa shape index (κ1) is 21.8. The topological polar surface area (TPSA) is 51.7 Å². The Hall–Kier alpha value is -1.92. The number of benzene rings is 1. The number of carbonyl (C=O) groups excluding carboxylic acids is 1. The minimum Gasteiger partial charge on any atom is -0.482 e. The molecule has 0 N–H and O–H groups in total. The lowest BCUT2D eigenvalue weighted by atomic mass is 10.1. The highest BCUT2D eigenvalue weighted by Crippen LogP contribution is 2.36. The molecule has 1 aromatic carbocycles. The Morgan fingerprint density at radius 3 is 2.76 bits per heavy atom. The number of amides is 1. The van der Waals surface area contributed by atoms with Gasteiger partial charge in [0.2, 0.25) is 0 Å². The highest BCUT2D eigenvalue weighted by atomic mass is 32.1. The first-order valence-corrected chi connectivity index (χ1v) is 11.6. The number of rotatable bonds is 12. The van der Waals surface area contributed by atoms with Crippen molar-refractivity contribution in [3.05, 3.63) is 28.6 Å². The van der Waals surface area contributed by atoms with E-state index in [1.54, 1.807) is 18.4 Å². The predicted molar refractivity (Wildman–Crippen MR) is 119 cm³/mol. The summed E-state index contributed by atoms with van der Waals surface area (Å²) < 4.78 is 10.8. The highest BCUT2D eigenvalue weighted by Gasteiger charge is 2.25. The van der Waals surface area contributed by atoms with Crippen molar-refractivity contribution in [2.75, 3.05) is 31.8 Å². The van der Waals surface area contributed by atoms with Crippen LogP contribution in [0.4, 0.5) is 5.69 Å². The zero-order valence-electron chi connectivity index (χ0n) is 17.6. The van der Waals surface area contributed by atoms with Crippen LogP contribution in [-0.2, 0) is 16.0 Å². The smallest absolute Gasteiger partial charge is 0.265 e. The van der Waals surface area contributed by atoms with Gasteiger partial charge in [0, 0.05) is 31.0 Å². The van der Waals surface area contributed by atoms with E-state index in [-0.39, 0.29) is 12.5 Å². The van der Waals surface area contributed by atoms with Crippen LogP contribution < -0.4 is 9.64 Å². The van der Waals surface area contributed by atoms with Gasteiger partial charge in [-0.05, 0) is 24.6 Å². The van der Waals surface area contributed by atoms with Crippen LogP contribution in [0.5, 0.6) is 5.75 Å². The number of methoxy groups -OCH3 is 1. The molecule has 158 valence electrons. The van der Waals surface area contributed by atoms with E-state index in [1.165, 1.54) is 38.5 Å². The van der Waals surface area contributed by atoms with Gasteiger partial charge in [0.15, 0.2) is 6.61 Å². The molecule has 2 heterocycles. The van der Waals surface area contributed by atoms with Gasteiger partial charge >= 0.3 is 0 Å². The number of fused-ring (bicyclic) bond motifs is 1. The van der Waals surface area contributed by atoms with Crippen molar-refractivity contribution in [3.8, 4) is 17.0 Å². The van der Waals surface area contributed by atoms with Crippen molar-refractivity contribution >= 4 is 22.9 Å². The molecule has 6 heteroatoms. The van der Waals surface area contributed by atoms with Crippen molar-refractivity contribution in [1.29, 1.82) is 0 Å². The normalized spacial score (nSPS) is 13.4. The molecule has 0 bridgehead atoms. The van der Waals surface area contributed by atoms with Crippen molar-refractivity contribution in [2.24, 2.45) is 0 Å². The van der Waals surface area contributed by atoms with E-state index in [0.29, 0.717) is 6.61 Å². The molecule has 2 aromatic rings. The Morgan fingerprint density at radius 2 is 1.97 bits per heavy atom. The maximum absolute atomic E-state index is 12.5. The van der Waals surface area contributed by atoms with Gasteiger partial charge in [-0.15, -0.1) is 11.3 Å². The van der Waals surface area contributed by atoms with Gasteiger partial charge in [0.05, 0.1) is 23.0 Å². The lowest BCUT2D eigenvalue weighted by molar-refractivity contribution is -0.121. The average molecular weight is 417 g/mol. The summed E-state index contributed by atoms with van der Waals surface area (Å²) in [7, 11) is 1.70. The lowest BCUT2D eigenvalue weighted by Crippen LogP contribution is -2.39. The first-order chi connectivity index (χ1) is 14.2. The number of ether oxygens (including phenoxy) is 2. The van der Waals surface area contributed by atoms with Gasteiger partial charge in [-0.25, -0.2) is 4.98 Å². The molecule has 29 heavy (non-hydrogen) atoms. The van der Waals surface area contributed by atoms with Crippen LogP contribution in [0.25, 0.3) is 11.3 Å². The summed E-state index contributed by atoms with van der Waals surface area (Å²) in [6.07, 6.45) is 9.46. The molecule has 0 spiro atoms. The second kappa shape index (κ2) is 11.3. The molecule has 0 unspecified atom stereocenters. The van der Waals surface area contributed by atoms with Gasteiger partial charge in [-0.3, -0.25) is 4.79 Å². The molecule has 0 aliphatic carbocycles. The molecular weight excluding hydrogens is 384 g/mol. The van der Waals surface area contributed by atoms with Crippen LogP contribution in [-0.4, -0.2) is 37.8 Å². The van der Waals surface area contributed by atoms with Crippen molar-refractivity contribution in [1.82, 2.24) is 4.98 Å². The Bertz CT molecular complexity index is 790. The van der Waals surface area contributed by atoms with Crippen LogP contribution >= 0.6 is 11.3 Å². The molecule has 1 aliphatic rings. The monoisotopic (exact) mass is 416 g/mol. The molecule has 5 nitrogen and oxygen atoms in total. The molecular formula is C23H32N2O3S. The Kier molecular flexibility index (Phi) is 8.50. The fourth-order valence-electron chi connectivity index (χ4n) is 3.58. The summed E-state index contributed by atoms with van der Waals surface area (Å²) in [5.74, 6) is 0.825. The molecule has 3 rings (SSSR count). The predicted octanol–water partition coefficient (Wildman–Crippen LogP) is 5.48. The Morgan fingerprint density at radius 1 is 1.17 bits per heavy atom. The van der Waals surface area contributed by atoms with Gasteiger partial charge in [-0.1, -0.05) is 45.4 Å². The maximum atomic E-state index is 12.5.